The highest BCUT2D eigenvalue weighted by atomic mass is 16.5. The molecule has 2 aromatic carbocycles. The van der Waals surface area contributed by atoms with Crippen molar-refractivity contribution in [2.75, 3.05) is 13.2 Å². The Hall–Kier alpha value is -2.86. The van der Waals surface area contributed by atoms with Crippen LogP contribution >= 0.6 is 0 Å². The van der Waals surface area contributed by atoms with Crippen molar-refractivity contribution in [1.29, 1.82) is 0 Å². The van der Waals surface area contributed by atoms with Crippen molar-refractivity contribution in [3.8, 4) is 5.75 Å². The fraction of sp³-hybridized carbons (Fsp3) is 0.517. The third-order valence-electron chi connectivity index (χ3n) is 6.65. The van der Waals surface area contributed by atoms with Crippen molar-refractivity contribution in [2.24, 2.45) is 17.6 Å². The Morgan fingerprint density at radius 3 is 2.17 bits per heavy atom. The molecule has 6 nitrogen and oxygen atoms in total. The average Bonchev–Trinajstić information content (AvgIpc) is 2.89. The van der Waals surface area contributed by atoms with Gasteiger partial charge in [0.2, 0.25) is 11.8 Å². The summed E-state index contributed by atoms with van der Waals surface area (Å²) in [6.45, 7) is 11.1. The number of nitrogens with two attached hydrogens (primary N) is 1. The van der Waals surface area contributed by atoms with Crippen LogP contribution in [0.2, 0.25) is 0 Å². The molecular formula is C29H43N3O3. The Morgan fingerprint density at radius 1 is 0.914 bits per heavy atom. The maximum Gasteiger partial charge on any atom is 0.237 e. The smallest absolute Gasteiger partial charge is 0.237 e. The van der Waals surface area contributed by atoms with E-state index in [9.17, 15) is 9.59 Å². The molecule has 0 fully saturated rings. The lowest BCUT2D eigenvalue weighted by Crippen LogP contribution is -2.47. The van der Waals surface area contributed by atoms with Gasteiger partial charge in [0.1, 0.15) is 5.75 Å². The van der Waals surface area contributed by atoms with Gasteiger partial charge in [0.15, 0.2) is 0 Å². The Labute approximate surface area is 211 Å². The molecule has 35 heavy (non-hydrogen) atoms. The summed E-state index contributed by atoms with van der Waals surface area (Å²) in [5, 5.41) is 6.06. The number of rotatable bonds is 14. The van der Waals surface area contributed by atoms with Crippen LogP contribution in [-0.4, -0.2) is 31.0 Å². The summed E-state index contributed by atoms with van der Waals surface area (Å²) in [7, 11) is 0. The van der Waals surface area contributed by atoms with Crippen molar-refractivity contribution in [3.63, 3.8) is 0 Å². The number of benzene rings is 2. The molecule has 0 aliphatic heterocycles. The summed E-state index contributed by atoms with van der Waals surface area (Å²) in [6, 6.07) is 16.4. The average molecular weight is 482 g/mol. The van der Waals surface area contributed by atoms with Crippen LogP contribution in [-0.2, 0) is 9.59 Å². The van der Waals surface area contributed by atoms with Gasteiger partial charge in [-0.25, -0.2) is 0 Å². The molecule has 1 unspecified atom stereocenters. The van der Waals surface area contributed by atoms with Gasteiger partial charge < -0.3 is 21.1 Å². The molecule has 2 rings (SSSR count). The standard InChI is InChI=1S/C29H43N3O3/c1-6-11-20(3)19-35-25-16-14-24(15-17-25)26(18-31-29(34)27(30)21(4)7-2)32-28(33)22(5)23-12-9-8-10-13-23/h8-10,12-17,20-22,26-27H,6-7,11,18-19,30H2,1-5H3,(H,31,34)(H,32,33)/t20?,21-,22-,26+,27+/m0/s1. The summed E-state index contributed by atoms with van der Waals surface area (Å²) in [5.41, 5.74) is 7.94. The van der Waals surface area contributed by atoms with E-state index in [1.807, 2.05) is 75.4 Å². The molecule has 2 amide bonds. The number of carbonyl (C=O) groups is 2. The molecule has 6 heteroatoms. The first-order valence-corrected chi connectivity index (χ1v) is 12.9. The van der Waals surface area contributed by atoms with Crippen LogP contribution in [0.25, 0.3) is 0 Å². The molecule has 0 spiro atoms. The van der Waals surface area contributed by atoms with Gasteiger partial charge in [-0.05, 0) is 48.4 Å². The zero-order valence-corrected chi connectivity index (χ0v) is 21.9. The van der Waals surface area contributed by atoms with E-state index in [1.54, 1.807) is 0 Å². The summed E-state index contributed by atoms with van der Waals surface area (Å²) in [5.74, 6) is 0.737. The van der Waals surface area contributed by atoms with Crippen molar-refractivity contribution in [3.05, 3.63) is 65.7 Å². The molecule has 5 atom stereocenters. The lowest BCUT2D eigenvalue weighted by atomic mass is 9.98. The van der Waals surface area contributed by atoms with E-state index >= 15 is 0 Å². The molecule has 0 radical (unpaired) electrons. The number of hydrogen-bond donors (Lipinski definition) is 3. The zero-order valence-electron chi connectivity index (χ0n) is 21.9. The van der Waals surface area contributed by atoms with Crippen LogP contribution in [0.1, 0.15) is 77.0 Å². The van der Waals surface area contributed by atoms with E-state index in [2.05, 4.69) is 24.5 Å². The number of nitrogens with one attached hydrogen (secondary N) is 2. The molecule has 0 saturated carbocycles. The van der Waals surface area contributed by atoms with E-state index in [1.165, 1.54) is 0 Å². The van der Waals surface area contributed by atoms with Crippen molar-refractivity contribution < 1.29 is 14.3 Å². The molecule has 0 aromatic heterocycles. The lowest BCUT2D eigenvalue weighted by Gasteiger charge is -2.24. The van der Waals surface area contributed by atoms with Gasteiger partial charge in [0, 0.05) is 6.54 Å². The fourth-order valence-corrected chi connectivity index (χ4v) is 3.89. The number of ether oxygens (including phenoxy) is 1. The Balaban J connectivity index is 2.13. The normalized spacial score (nSPS) is 15.4. The number of hydrogen-bond acceptors (Lipinski definition) is 4. The second-order valence-electron chi connectivity index (χ2n) is 9.62. The summed E-state index contributed by atoms with van der Waals surface area (Å²) in [4.78, 5) is 25.7. The topological polar surface area (TPSA) is 93.4 Å². The fourth-order valence-electron chi connectivity index (χ4n) is 3.89. The highest BCUT2D eigenvalue weighted by molar-refractivity contribution is 5.84. The molecule has 0 saturated heterocycles. The largest absolute Gasteiger partial charge is 0.493 e. The third-order valence-corrected chi connectivity index (χ3v) is 6.65. The second-order valence-corrected chi connectivity index (χ2v) is 9.62. The van der Waals surface area contributed by atoms with Crippen molar-refractivity contribution >= 4 is 11.8 Å². The van der Waals surface area contributed by atoms with Gasteiger partial charge in [-0.15, -0.1) is 0 Å². The third kappa shape index (κ3) is 9.02. The first-order chi connectivity index (χ1) is 16.8. The predicted octanol–water partition coefficient (Wildman–Crippen LogP) is 4.95. The minimum absolute atomic E-state index is 0.0766. The highest BCUT2D eigenvalue weighted by Gasteiger charge is 2.24. The Kier molecular flexibility index (Phi) is 11.8. The van der Waals surface area contributed by atoms with Crippen LogP contribution in [0.3, 0.4) is 0 Å². The van der Waals surface area contributed by atoms with Crippen LogP contribution in [0.4, 0.5) is 0 Å². The lowest BCUT2D eigenvalue weighted by molar-refractivity contribution is -0.125. The highest BCUT2D eigenvalue weighted by Crippen LogP contribution is 2.21. The monoisotopic (exact) mass is 481 g/mol. The minimum Gasteiger partial charge on any atom is -0.493 e. The van der Waals surface area contributed by atoms with E-state index in [-0.39, 0.29) is 30.2 Å². The van der Waals surface area contributed by atoms with Crippen molar-refractivity contribution in [1.82, 2.24) is 10.6 Å². The SMILES string of the molecule is CCCC(C)COc1ccc([C@@H](CNC(=O)[C@H](N)[C@@H](C)CC)NC(=O)[C@@H](C)c2ccccc2)cc1. The quantitative estimate of drug-likeness (QED) is 0.356. The number of carbonyl (C=O) groups excluding carboxylic acids is 2. The summed E-state index contributed by atoms with van der Waals surface area (Å²) in [6.07, 6.45) is 3.09. The van der Waals surface area contributed by atoms with E-state index in [0.717, 1.165) is 36.1 Å². The van der Waals surface area contributed by atoms with Gasteiger partial charge in [-0.1, -0.05) is 83.0 Å². The van der Waals surface area contributed by atoms with Crippen LogP contribution in [0, 0.1) is 11.8 Å². The van der Waals surface area contributed by atoms with Crippen LogP contribution < -0.4 is 21.1 Å². The molecule has 0 heterocycles. The molecule has 0 aliphatic carbocycles. The molecule has 192 valence electrons. The Bertz CT molecular complexity index is 901. The number of amides is 2. The zero-order chi connectivity index (χ0) is 25.8. The van der Waals surface area contributed by atoms with E-state index < -0.39 is 12.1 Å². The second kappa shape index (κ2) is 14.5. The van der Waals surface area contributed by atoms with Crippen LogP contribution in [0.15, 0.2) is 54.6 Å². The van der Waals surface area contributed by atoms with E-state index in [4.69, 9.17) is 10.5 Å². The maximum absolute atomic E-state index is 13.1. The van der Waals surface area contributed by atoms with Gasteiger partial charge in [0.25, 0.3) is 0 Å². The predicted molar refractivity (Wildman–Crippen MR) is 142 cm³/mol. The first-order valence-electron chi connectivity index (χ1n) is 12.9. The minimum atomic E-state index is -0.583. The van der Waals surface area contributed by atoms with Gasteiger partial charge in [-0.3, -0.25) is 9.59 Å². The van der Waals surface area contributed by atoms with Gasteiger partial charge >= 0.3 is 0 Å². The maximum atomic E-state index is 13.1. The molecule has 0 aliphatic rings. The molecule has 0 bridgehead atoms. The first kappa shape index (κ1) is 28.4. The Morgan fingerprint density at radius 2 is 1.57 bits per heavy atom. The van der Waals surface area contributed by atoms with Crippen LogP contribution in [0.5, 0.6) is 5.75 Å². The van der Waals surface area contributed by atoms with E-state index in [0.29, 0.717) is 12.5 Å². The summed E-state index contributed by atoms with van der Waals surface area (Å²) < 4.78 is 5.93. The molecular weight excluding hydrogens is 438 g/mol. The molecule has 4 N–H and O–H groups in total. The van der Waals surface area contributed by atoms with Gasteiger partial charge in [0.05, 0.1) is 24.6 Å². The molecule has 2 aromatic rings. The van der Waals surface area contributed by atoms with Gasteiger partial charge in [-0.2, -0.15) is 0 Å². The van der Waals surface area contributed by atoms with Crippen molar-refractivity contribution in [2.45, 2.75) is 71.9 Å². The summed E-state index contributed by atoms with van der Waals surface area (Å²) >= 11 is 0.